The first-order valence-corrected chi connectivity index (χ1v) is 13.5. The van der Waals surface area contributed by atoms with Crippen LogP contribution in [0.3, 0.4) is 0 Å². The van der Waals surface area contributed by atoms with E-state index in [0.29, 0.717) is 14.8 Å². The quantitative estimate of drug-likeness (QED) is 0.473. The van der Waals surface area contributed by atoms with Gasteiger partial charge in [0.25, 0.3) is 20.0 Å². The van der Waals surface area contributed by atoms with Gasteiger partial charge in [0.2, 0.25) is 0 Å². The normalized spacial score (nSPS) is 12.3. The van der Waals surface area contributed by atoms with Gasteiger partial charge in [0.05, 0.1) is 15.5 Å². The minimum atomic E-state index is -4.51. The Bertz CT molecular complexity index is 1320. The van der Waals surface area contributed by atoms with Crippen LogP contribution in [0.1, 0.15) is 56.2 Å². The summed E-state index contributed by atoms with van der Waals surface area (Å²) in [4.78, 5) is -0.288. The van der Waals surface area contributed by atoms with Gasteiger partial charge in [0.1, 0.15) is 5.75 Å². The van der Waals surface area contributed by atoms with Crippen molar-refractivity contribution < 1.29 is 21.9 Å². The first kappa shape index (κ1) is 24.8. The standard InChI is InChI=1S/C25H29NO5S2/c1-17(2)23-15-20(16-24(18(3)4)25(23)27)26(32(28,29)21-9-7-6-8-10-21)33(30,31)22-13-11-19(5)12-14-22/h6-18,27H,1-5H3. The molecule has 1 N–H and O–H groups in total. The molecule has 0 aromatic heterocycles. The third-order valence-electron chi connectivity index (χ3n) is 5.40. The second-order valence-corrected chi connectivity index (χ2v) is 12.4. The highest BCUT2D eigenvalue weighted by molar-refractivity contribution is 8.10. The lowest BCUT2D eigenvalue weighted by Gasteiger charge is -2.27. The van der Waals surface area contributed by atoms with Crippen molar-refractivity contribution in [1.29, 1.82) is 0 Å². The maximum Gasteiger partial charge on any atom is 0.277 e. The molecule has 0 aliphatic rings. The van der Waals surface area contributed by atoms with E-state index in [2.05, 4.69) is 0 Å². The van der Waals surface area contributed by atoms with Crippen LogP contribution in [0, 0.1) is 6.92 Å². The molecule has 0 amide bonds. The summed E-state index contributed by atoms with van der Waals surface area (Å²) in [6, 6.07) is 16.4. The van der Waals surface area contributed by atoms with Crippen LogP contribution in [0.2, 0.25) is 0 Å². The number of anilines is 1. The van der Waals surface area contributed by atoms with Gasteiger partial charge in [-0.15, -0.1) is 0 Å². The Balaban J connectivity index is 2.39. The zero-order chi connectivity index (χ0) is 24.6. The van der Waals surface area contributed by atoms with E-state index in [4.69, 9.17) is 0 Å². The van der Waals surface area contributed by atoms with E-state index in [1.54, 1.807) is 30.3 Å². The Morgan fingerprint density at radius 1 is 0.697 bits per heavy atom. The number of rotatable bonds is 7. The molecule has 0 atom stereocenters. The lowest BCUT2D eigenvalue weighted by atomic mass is 9.93. The van der Waals surface area contributed by atoms with Gasteiger partial charge in [-0.25, -0.2) is 16.8 Å². The zero-order valence-electron chi connectivity index (χ0n) is 19.3. The maximum atomic E-state index is 13.8. The third-order valence-corrected chi connectivity index (χ3v) is 9.61. The van der Waals surface area contributed by atoms with Gasteiger partial charge in [-0.05, 0) is 66.3 Å². The van der Waals surface area contributed by atoms with Gasteiger partial charge in [-0.2, -0.15) is 3.71 Å². The molecule has 0 unspecified atom stereocenters. The fraction of sp³-hybridized carbons (Fsp3) is 0.280. The first-order chi connectivity index (χ1) is 15.4. The van der Waals surface area contributed by atoms with Crippen LogP contribution in [0.25, 0.3) is 0 Å². The van der Waals surface area contributed by atoms with Crippen LogP contribution in [0.4, 0.5) is 5.69 Å². The molecule has 0 heterocycles. The highest BCUT2D eigenvalue weighted by Gasteiger charge is 2.38. The van der Waals surface area contributed by atoms with Crippen molar-refractivity contribution in [2.75, 3.05) is 3.71 Å². The van der Waals surface area contributed by atoms with E-state index in [-0.39, 0.29) is 33.1 Å². The van der Waals surface area contributed by atoms with E-state index in [1.807, 2.05) is 34.6 Å². The summed E-state index contributed by atoms with van der Waals surface area (Å²) in [5.74, 6) is -0.273. The van der Waals surface area contributed by atoms with Crippen molar-refractivity contribution in [3.05, 3.63) is 83.4 Å². The molecule has 0 radical (unpaired) electrons. The van der Waals surface area contributed by atoms with E-state index < -0.39 is 20.0 Å². The first-order valence-electron chi connectivity index (χ1n) is 10.7. The molecule has 0 saturated carbocycles. The molecule has 176 valence electrons. The largest absolute Gasteiger partial charge is 0.507 e. The highest BCUT2D eigenvalue weighted by Crippen LogP contribution is 2.40. The van der Waals surface area contributed by atoms with Crippen molar-refractivity contribution >= 4 is 25.7 Å². The van der Waals surface area contributed by atoms with Crippen LogP contribution < -0.4 is 3.71 Å². The Labute approximate surface area is 196 Å². The van der Waals surface area contributed by atoms with E-state index in [9.17, 15) is 21.9 Å². The topological polar surface area (TPSA) is 91.8 Å². The van der Waals surface area contributed by atoms with Crippen LogP contribution in [-0.2, 0) is 20.0 Å². The summed E-state index contributed by atoms with van der Waals surface area (Å²) < 4.78 is 55.6. The van der Waals surface area contributed by atoms with Gasteiger partial charge in [-0.3, -0.25) is 0 Å². The van der Waals surface area contributed by atoms with Gasteiger partial charge in [-0.1, -0.05) is 63.6 Å². The molecule has 0 fully saturated rings. The van der Waals surface area contributed by atoms with Gasteiger partial charge in [0, 0.05) is 0 Å². The SMILES string of the molecule is Cc1ccc(S(=O)(=O)N(c2cc(C(C)C)c(O)c(C(C)C)c2)S(=O)(=O)c2ccccc2)cc1. The highest BCUT2D eigenvalue weighted by atomic mass is 32.3. The summed E-state index contributed by atoms with van der Waals surface area (Å²) >= 11 is 0. The number of phenols is 1. The van der Waals surface area contributed by atoms with E-state index in [0.717, 1.165) is 5.56 Å². The van der Waals surface area contributed by atoms with E-state index in [1.165, 1.54) is 36.4 Å². The average Bonchev–Trinajstić information content (AvgIpc) is 2.75. The summed E-state index contributed by atoms with van der Waals surface area (Å²) in [6.45, 7) is 9.24. The van der Waals surface area contributed by atoms with Crippen LogP contribution in [0.15, 0.2) is 76.5 Å². The lowest BCUT2D eigenvalue weighted by molar-refractivity contribution is 0.454. The maximum absolute atomic E-state index is 13.8. The molecule has 8 heteroatoms. The van der Waals surface area contributed by atoms with Crippen LogP contribution >= 0.6 is 0 Å². The number of hydrogen-bond donors (Lipinski definition) is 1. The van der Waals surface area contributed by atoms with Gasteiger partial charge in [0.15, 0.2) is 0 Å². The Hall–Kier alpha value is -2.84. The van der Waals surface area contributed by atoms with Crippen LogP contribution in [-0.4, -0.2) is 21.9 Å². The Kier molecular flexibility index (Phi) is 6.91. The monoisotopic (exact) mass is 487 g/mol. The van der Waals surface area contributed by atoms with Gasteiger partial charge >= 0.3 is 0 Å². The minimum absolute atomic E-state index is 0.0374. The van der Waals surface area contributed by atoms with E-state index >= 15 is 0 Å². The summed E-state index contributed by atoms with van der Waals surface area (Å²) in [5, 5.41) is 10.8. The molecule has 0 saturated heterocycles. The number of nitrogens with zero attached hydrogens (tertiary/aromatic N) is 1. The second-order valence-electron chi connectivity index (χ2n) is 8.62. The van der Waals surface area contributed by atoms with Gasteiger partial charge < -0.3 is 5.11 Å². The fourth-order valence-electron chi connectivity index (χ4n) is 3.55. The second kappa shape index (κ2) is 9.19. The molecule has 6 nitrogen and oxygen atoms in total. The summed E-state index contributed by atoms with van der Waals surface area (Å²) in [5.41, 5.74) is 1.76. The number of aromatic hydroxyl groups is 1. The number of hydrogen-bond acceptors (Lipinski definition) is 5. The number of benzene rings is 3. The molecule has 0 bridgehead atoms. The lowest BCUT2D eigenvalue weighted by Crippen LogP contribution is -2.37. The van der Waals surface area contributed by atoms with Crippen molar-refractivity contribution in [2.24, 2.45) is 0 Å². The summed E-state index contributed by atoms with van der Waals surface area (Å²) in [7, 11) is -9.01. The Morgan fingerprint density at radius 3 is 1.55 bits per heavy atom. The Morgan fingerprint density at radius 2 is 1.12 bits per heavy atom. The number of phenolic OH excluding ortho intramolecular Hbond substituents is 1. The van der Waals surface area contributed by atoms with Crippen molar-refractivity contribution in [3.8, 4) is 5.75 Å². The molecule has 3 aromatic carbocycles. The molecule has 0 aliphatic carbocycles. The number of sulfonamides is 2. The number of aryl methyl sites for hydroxylation is 1. The van der Waals surface area contributed by atoms with Crippen molar-refractivity contribution in [1.82, 2.24) is 0 Å². The molecule has 3 aromatic rings. The molecule has 0 aliphatic heterocycles. The molecular formula is C25H29NO5S2. The van der Waals surface area contributed by atoms with Crippen LogP contribution in [0.5, 0.6) is 5.75 Å². The smallest absolute Gasteiger partial charge is 0.277 e. The summed E-state index contributed by atoms with van der Waals surface area (Å²) in [6.07, 6.45) is 0. The predicted octanol–water partition coefficient (Wildman–Crippen LogP) is 5.53. The molecule has 33 heavy (non-hydrogen) atoms. The predicted molar refractivity (Wildman–Crippen MR) is 131 cm³/mol. The molecular weight excluding hydrogens is 458 g/mol. The molecule has 0 spiro atoms. The zero-order valence-corrected chi connectivity index (χ0v) is 21.0. The minimum Gasteiger partial charge on any atom is -0.507 e. The fourth-order valence-corrected chi connectivity index (χ4v) is 7.23. The third kappa shape index (κ3) is 4.77. The van der Waals surface area contributed by atoms with Crippen molar-refractivity contribution in [2.45, 2.75) is 56.2 Å². The van der Waals surface area contributed by atoms with Crippen molar-refractivity contribution in [3.63, 3.8) is 0 Å². The average molecular weight is 488 g/mol. The molecule has 3 rings (SSSR count).